The number of amides is 2. The van der Waals surface area contributed by atoms with Crippen LogP contribution in [0.4, 0.5) is 0 Å². The van der Waals surface area contributed by atoms with E-state index in [-0.39, 0.29) is 12.0 Å². The van der Waals surface area contributed by atoms with Crippen molar-refractivity contribution >= 4 is 12.3 Å². The summed E-state index contributed by atoms with van der Waals surface area (Å²) in [6.07, 6.45) is 7.99. The van der Waals surface area contributed by atoms with E-state index in [4.69, 9.17) is 0 Å². The fourth-order valence-electron chi connectivity index (χ4n) is 4.33. The average molecular weight is 402 g/mol. The maximum Gasteiger partial charge on any atom is 0.226 e. The number of piperidine rings is 1. The average Bonchev–Trinajstić information content (AvgIpc) is 2.75. The normalized spacial score (nSPS) is 20.8. The summed E-state index contributed by atoms with van der Waals surface area (Å²) in [4.78, 5) is 28.7. The molecule has 5 nitrogen and oxygen atoms in total. The van der Waals surface area contributed by atoms with Crippen molar-refractivity contribution in [3.63, 3.8) is 0 Å². The molecule has 0 spiro atoms. The molecule has 1 aromatic rings. The molecule has 3 atom stereocenters. The number of likely N-dealkylation sites (tertiary alicyclic amines) is 1. The number of hydrogen-bond acceptors (Lipinski definition) is 3. The van der Waals surface area contributed by atoms with Crippen molar-refractivity contribution in [2.75, 3.05) is 26.7 Å². The van der Waals surface area contributed by atoms with Gasteiger partial charge in [0.2, 0.25) is 12.3 Å². The first-order valence-electron chi connectivity index (χ1n) is 11.3. The number of nitrogens with one attached hydrogen (secondary N) is 1. The van der Waals surface area contributed by atoms with Gasteiger partial charge in [0.05, 0.1) is 12.0 Å². The van der Waals surface area contributed by atoms with Gasteiger partial charge in [-0.05, 0) is 44.7 Å². The summed E-state index contributed by atoms with van der Waals surface area (Å²) in [7, 11) is 2.12. The molecule has 1 heterocycles. The third kappa shape index (κ3) is 7.14. The second kappa shape index (κ2) is 12.6. The fraction of sp³-hybridized carbons (Fsp3) is 0.667. The molecule has 1 fully saturated rings. The van der Waals surface area contributed by atoms with Crippen LogP contribution in [0.3, 0.4) is 0 Å². The molecular weight excluding hydrogens is 362 g/mol. The van der Waals surface area contributed by atoms with Crippen LogP contribution < -0.4 is 5.32 Å². The molecule has 0 radical (unpaired) electrons. The lowest BCUT2D eigenvalue weighted by molar-refractivity contribution is -0.138. The van der Waals surface area contributed by atoms with Crippen molar-refractivity contribution in [1.82, 2.24) is 15.1 Å². The van der Waals surface area contributed by atoms with Crippen molar-refractivity contribution in [2.24, 2.45) is 5.92 Å². The van der Waals surface area contributed by atoms with Crippen LogP contribution in [0.1, 0.15) is 70.4 Å². The predicted molar refractivity (Wildman–Crippen MR) is 119 cm³/mol. The van der Waals surface area contributed by atoms with Gasteiger partial charge in [-0.25, -0.2) is 0 Å². The third-order valence-electron chi connectivity index (χ3n) is 6.18. The molecule has 0 aliphatic carbocycles. The summed E-state index contributed by atoms with van der Waals surface area (Å²) in [6.45, 7) is 6.94. The summed E-state index contributed by atoms with van der Waals surface area (Å²) in [5, 5.41) is 2.98. The van der Waals surface area contributed by atoms with Gasteiger partial charge in [0.1, 0.15) is 0 Å². The number of nitrogens with zero attached hydrogens (tertiary/aromatic N) is 2. The van der Waals surface area contributed by atoms with E-state index in [1.807, 2.05) is 18.2 Å². The second-order valence-electron chi connectivity index (χ2n) is 8.38. The van der Waals surface area contributed by atoms with Crippen LogP contribution in [-0.4, -0.2) is 54.8 Å². The standard InChI is InChI=1S/C24H39N3O2/c1-4-6-15-27(16-7-5-2)24(29)21-13-14-22(26(3)18-21)17-23(25-19-28)20-11-9-8-10-12-20/h8-12,19,21-23H,4-7,13-18H2,1-3H3,(H,25,28). The van der Waals surface area contributed by atoms with Gasteiger partial charge >= 0.3 is 0 Å². The largest absolute Gasteiger partial charge is 0.352 e. The zero-order chi connectivity index (χ0) is 21.1. The molecule has 0 aromatic heterocycles. The SMILES string of the molecule is CCCCN(CCCC)C(=O)C1CCC(CC(NC=O)c2ccccc2)N(C)C1. The van der Waals surface area contributed by atoms with Crippen LogP contribution in [0.5, 0.6) is 0 Å². The Bertz CT molecular complexity index is 599. The van der Waals surface area contributed by atoms with Gasteiger partial charge in [0, 0.05) is 25.7 Å². The molecule has 2 amide bonds. The van der Waals surface area contributed by atoms with Crippen LogP contribution in [0.2, 0.25) is 0 Å². The number of rotatable bonds is 12. The van der Waals surface area contributed by atoms with Crippen LogP contribution in [0.15, 0.2) is 30.3 Å². The Labute approximate surface area is 176 Å². The first-order valence-corrected chi connectivity index (χ1v) is 11.3. The summed E-state index contributed by atoms with van der Waals surface area (Å²) in [6, 6.07) is 10.5. The van der Waals surface area contributed by atoms with Crippen molar-refractivity contribution < 1.29 is 9.59 Å². The van der Waals surface area contributed by atoms with E-state index in [1.54, 1.807) is 0 Å². The van der Waals surface area contributed by atoms with Gasteiger partial charge < -0.3 is 15.1 Å². The van der Waals surface area contributed by atoms with Gasteiger partial charge in [-0.2, -0.15) is 0 Å². The second-order valence-corrected chi connectivity index (χ2v) is 8.38. The summed E-state index contributed by atoms with van der Waals surface area (Å²) >= 11 is 0. The summed E-state index contributed by atoms with van der Waals surface area (Å²) < 4.78 is 0. The Hall–Kier alpha value is -1.88. The lowest BCUT2D eigenvalue weighted by atomic mass is 9.87. The molecule has 0 bridgehead atoms. The highest BCUT2D eigenvalue weighted by Crippen LogP contribution is 2.29. The number of carbonyl (C=O) groups is 2. The Morgan fingerprint density at radius 2 is 1.83 bits per heavy atom. The molecule has 1 aromatic carbocycles. The lowest BCUT2D eigenvalue weighted by Gasteiger charge is -2.40. The zero-order valence-corrected chi connectivity index (χ0v) is 18.5. The van der Waals surface area contributed by atoms with Crippen LogP contribution in [0, 0.1) is 5.92 Å². The number of carbonyl (C=O) groups excluding carboxylic acids is 2. The van der Waals surface area contributed by atoms with E-state index < -0.39 is 0 Å². The van der Waals surface area contributed by atoms with Gasteiger partial charge in [0.15, 0.2) is 0 Å². The molecule has 29 heavy (non-hydrogen) atoms. The van der Waals surface area contributed by atoms with Gasteiger partial charge in [0.25, 0.3) is 0 Å². The number of unbranched alkanes of at least 4 members (excludes halogenated alkanes) is 2. The summed E-state index contributed by atoms with van der Waals surface area (Å²) in [5.74, 6) is 0.432. The molecule has 1 saturated heterocycles. The maximum atomic E-state index is 13.1. The Morgan fingerprint density at radius 1 is 1.17 bits per heavy atom. The van der Waals surface area contributed by atoms with E-state index >= 15 is 0 Å². The van der Waals surface area contributed by atoms with Crippen molar-refractivity contribution in [1.29, 1.82) is 0 Å². The topological polar surface area (TPSA) is 52.7 Å². The fourth-order valence-corrected chi connectivity index (χ4v) is 4.33. The molecule has 1 aliphatic heterocycles. The minimum absolute atomic E-state index is 0.0130. The third-order valence-corrected chi connectivity index (χ3v) is 6.18. The molecule has 1 aliphatic rings. The molecule has 0 saturated carbocycles. The van der Waals surface area contributed by atoms with Gasteiger partial charge in [-0.3, -0.25) is 9.59 Å². The predicted octanol–water partition coefficient (Wildman–Crippen LogP) is 4.00. The number of benzene rings is 1. The highest BCUT2D eigenvalue weighted by atomic mass is 16.2. The Kier molecular flexibility index (Phi) is 10.2. The minimum atomic E-state index is 0.0130. The van der Waals surface area contributed by atoms with E-state index in [1.165, 1.54) is 0 Å². The maximum absolute atomic E-state index is 13.1. The molecular formula is C24H39N3O2. The highest BCUT2D eigenvalue weighted by Gasteiger charge is 2.33. The number of hydrogen-bond donors (Lipinski definition) is 1. The smallest absolute Gasteiger partial charge is 0.226 e. The van der Waals surface area contributed by atoms with Crippen molar-refractivity contribution in [2.45, 2.75) is 70.9 Å². The monoisotopic (exact) mass is 401 g/mol. The van der Waals surface area contributed by atoms with E-state index in [0.717, 1.165) is 76.6 Å². The first kappa shape index (κ1) is 23.4. The van der Waals surface area contributed by atoms with Crippen molar-refractivity contribution in [3.05, 3.63) is 35.9 Å². The van der Waals surface area contributed by atoms with E-state index in [9.17, 15) is 9.59 Å². The minimum Gasteiger partial charge on any atom is -0.352 e. The van der Waals surface area contributed by atoms with Gasteiger partial charge in [-0.15, -0.1) is 0 Å². The Balaban J connectivity index is 1.96. The lowest BCUT2D eigenvalue weighted by Crippen LogP contribution is -2.48. The molecule has 162 valence electrons. The zero-order valence-electron chi connectivity index (χ0n) is 18.5. The van der Waals surface area contributed by atoms with Crippen molar-refractivity contribution in [3.8, 4) is 0 Å². The van der Waals surface area contributed by atoms with E-state index in [0.29, 0.717) is 11.9 Å². The summed E-state index contributed by atoms with van der Waals surface area (Å²) in [5.41, 5.74) is 1.14. The van der Waals surface area contributed by atoms with E-state index in [2.05, 4.69) is 48.1 Å². The molecule has 3 unspecified atom stereocenters. The molecule has 1 N–H and O–H groups in total. The van der Waals surface area contributed by atoms with Crippen LogP contribution in [0.25, 0.3) is 0 Å². The Morgan fingerprint density at radius 3 is 2.38 bits per heavy atom. The van der Waals surface area contributed by atoms with Gasteiger partial charge in [-0.1, -0.05) is 57.0 Å². The quantitative estimate of drug-likeness (QED) is 0.539. The first-order chi connectivity index (χ1) is 14.1. The molecule has 5 heteroatoms. The van der Waals surface area contributed by atoms with Crippen LogP contribution in [-0.2, 0) is 9.59 Å². The van der Waals surface area contributed by atoms with Crippen LogP contribution >= 0.6 is 0 Å². The molecule has 2 rings (SSSR count). The highest BCUT2D eigenvalue weighted by molar-refractivity contribution is 5.79.